The second-order valence-electron chi connectivity index (χ2n) is 3.40. The predicted molar refractivity (Wildman–Crippen MR) is 71.0 cm³/mol. The summed E-state index contributed by atoms with van der Waals surface area (Å²) < 4.78 is 0. The lowest BCUT2D eigenvalue weighted by molar-refractivity contribution is 1.02. The third-order valence-corrected chi connectivity index (χ3v) is 2.26. The van der Waals surface area contributed by atoms with Crippen LogP contribution in [0, 0.1) is 0 Å². The van der Waals surface area contributed by atoms with Crippen molar-refractivity contribution in [2.75, 3.05) is 0 Å². The van der Waals surface area contributed by atoms with Gasteiger partial charge in [0, 0.05) is 0 Å². The summed E-state index contributed by atoms with van der Waals surface area (Å²) in [6.07, 6.45) is 16.6. The van der Waals surface area contributed by atoms with Gasteiger partial charge in [-0.1, -0.05) is 68.4 Å². The minimum absolute atomic E-state index is 1.04. The van der Waals surface area contributed by atoms with E-state index >= 15 is 0 Å². The van der Waals surface area contributed by atoms with Crippen LogP contribution in [0.1, 0.15) is 47.0 Å². The molecule has 0 aliphatic heterocycles. The Hall–Kier alpha value is -1.04. The first kappa shape index (κ1) is 14.0. The summed E-state index contributed by atoms with van der Waals surface area (Å²) in [5, 5.41) is 0. The van der Waals surface area contributed by atoms with Gasteiger partial charge in [0.05, 0.1) is 0 Å². The van der Waals surface area contributed by atoms with Crippen LogP contribution in [0.5, 0.6) is 0 Å². The van der Waals surface area contributed by atoms with Gasteiger partial charge >= 0.3 is 0 Å². The zero-order valence-corrected chi connectivity index (χ0v) is 10.6. The molecule has 0 heterocycles. The van der Waals surface area contributed by atoms with Crippen molar-refractivity contribution in [3.63, 3.8) is 0 Å². The molecule has 84 valence electrons. The molecule has 0 spiro atoms. The van der Waals surface area contributed by atoms with Crippen molar-refractivity contribution in [2.24, 2.45) is 0 Å². The fourth-order valence-corrected chi connectivity index (χ4v) is 1.31. The van der Waals surface area contributed by atoms with Gasteiger partial charge in [0.25, 0.3) is 0 Å². The summed E-state index contributed by atoms with van der Waals surface area (Å²) in [4.78, 5) is 0. The van der Waals surface area contributed by atoms with Crippen LogP contribution < -0.4 is 0 Å². The maximum absolute atomic E-state index is 2.30. The maximum Gasteiger partial charge on any atom is -0.0130 e. The standard InChI is InChI=1S/C13H18.C2H6/c1-3-13-9-7-5-4-6-8-12(2)10-11-13;1-2/h5-10H,3-4,11H2,1-2H3;1-2H3/b7-5-,8-6-,12-10-,13-9-;. The third kappa shape index (κ3) is 6.96. The largest absolute Gasteiger partial charge is 0.0807 e. The molecule has 0 bridgehead atoms. The summed E-state index contributed by atoms with van der Waals surface area (Å²) >= 11 is 0. The number of allylic oxidation sites excluding steroid dienone is 8. The summed E-state index contributed by atoms with van der Waals surface area (Å²) in [5.41, 5.74) is 2.88. The molecule has 0 aromatic carbocycles. The maximum atomic E-state index is 2.30. The average molecular weight is 204 g/mol. The van der Waals surface area contributed by atoms with Gasteiger partial charge < -0.3 is 0 Å². The first-order valence-electron chi connectivity index (χ1n) is 6.00. The Balaban J connectivity index is 0.000000921. The molecule has 0 atom stereocenters. The van der Waals surface area contributed by atoms with Gasteiger partial charge in [-0.25, -0.2) is 0 Å². The second kappa shape index (κ2) is 9.51. The monoisotopic (exact) mass is 204 g/mol. The van der Waals surface area contributed by atoms with Gasteiger partial charge in [-0.2, -0.15) is 0 Å². The van der Waals surface area contributed by atoms with Crippen LogP contribution in [0.2, 0.25) is 0 Å². The molecule has 0 saturated heterocycles. The van der Waals surface area contributed by atoms with Crippen LogP contribution in [0.4, 0.5) is 0 Å². The lowest BCUT2D eigenvalue weighted by Gasteiger charge is -2.00. The fraction of sp³-hybridized carbons (Fsp3) is 0.467. The number of rotatable bonds is 1. The van der Waals surface area contributed by atoms with E-state index in [1.54, 1.807) is 0 Å². The molecule has 15 heavy (non-hydrogen) atoms. The molecule has 0 heteroatoms. The first-order valence-corrected chi connectivity index (χ1v) is 6.00. The van der Waals surface area contributed by atoms with E-state index in [-0.39, 0.29) is 0 Å². The first-order chi connectivity index (χ1) is 7.33. The molecule has 0 nitrogen and oxygen atoms in total. The zero-order chi connectivity index (χ0) is 11.5. The van der Waals surface area contributed by atoms with E-state index in [4.69, 9.17) is 0 Å². The average Bonchev–Trinajstić information content (AvgIpc) is 2.30. The Labute approximate surface area is 95.1 Å². The van der Waals surface area contributed by atoms with Crippen LogP contribution in [0.25, 0.3) is 0 Å². The van der Waals surface area contributed by atoms with E-state index in [0.29, 0.717) is 0 Å². The Morgan fingerprint density at radius 1 is 1.20 bits per heavy atom. The van der Waals surface area contributed by atoms with E-state index in [1.807, 2.05) is 13.8 Å². The summed E-state index contributed by atoms with van der Waals surface area (Å²) in [7, 11) is 0. The van der Waals surface area contributed by atoms with E-state index in [9.17, 15) is 0 Å². The molecule has 0 N–H and O–H groups in total. The topological polar surface area (TPSA) is 0 Å². The molecule has 0 saturated carbocycles. The third-order valence-electron chi connectivity index (χ3n) is 2.26. The molecule has 1 aliphatic carbocycles. The highest BCUT2D eigenvalue weighted by atomic mass is 14.0. The molecule has 1 aliphatic rings. The van der Waals surface area contributed by atoms with Gasteiger partial charge in [0.15, 0.2) is 0 Å². The normalized spacial score (nSPS) is 27.2. The van der Waals surface area contributed by atoms with Crippen molar-refractivity contribution in [3.05, 3.63) is 47.6 Å². The van der Waals surface area contributed by atoms with Crippen LogP contribution in [-0.2, 0) is 0 Å². The van der Waals surface area contributed by atoms with Gasteiger partial charge in [0.2, 0.25) is 0 Å². The van der Waals surface area contributed by atoms with Crippen LogP contribution >= 0.6 is 0 Å². The van der Waals surface area contributed by atoms with E-state index in [2.05, 4.69) is 50.3 Å². The molecule has 1 rings (SSSR count). The molecular formula is C15H24. The molecule has 0 aromatic heterocycles. The Bertz CT molecular complexity index is 262. The van der Waals surface area contributed by atoms with E-state index in [1.165, 1.54) is 11.1 Å². The van der Waals surface area contributed by atoms with Crippen LogP contribution in [0.15, 0.2) is 47.6 Å². The van der Waals surface area contributed by atoms with Crippen LogP contribution in [0.3, 0.4) is 0 Å². The van der Waals surface area contributed by atoms with Gasteiger partial charge in [0.1, 0.15) is 0 Å². The van der Waals surface area contributed by atoms with Crippen molar-refractivity contribution < 1.29 is 0 Å². The lowest BCUT2D eigenvalue weighted by atomic mass is 10.1. The van der Waals surface area contributed by atoms with Gasteiger partial charge in [-0.3, -0.25) is 0 Å². The minimum atomic E-state index is 1.04. The number of hydrogen-bond acceptors (Lipinski definition) is 0. The predicted octanol–water partition coefficient (Wildman–Crippen LogP) is 5.20. The van der Waals surface area contributed by atoms with Gasteiger partial charge in [-0.05, 0) is 26.2 Å². The Morgan fingerprint density at radius 2 is 1.93 bits per heavy atom. The second-order valence-corrected chi connectivity index (χ2v) is 3.40. The SMILES string of the molecule is CC.CC/C1=C/C=C\C/C=C\C(C)=C/C1. The number of hydrogen-bond donors (Lipinski definition) is 0. The molecular weight excluding hydrogens is 180 g/mol. The highest BCUT2D eigenvalue weighted by Gasteiger charge is 1.91. The zero-order valence-electron chi connectivity index (χ0n) is 10.6. The lowest BCUT2D eigenvalue weighted by Crippen LogP contribution is -1.80. The molecule has 0 fully saturated rings. The van der Waals surface area contributed by atoms with Crippen molar-refractivity contribution in [1.29, 1.82) is 0 Å². The van der Waals surface area contributed by atoms with E-state index in [0.717, 1.165) is 19.3 Å². The van der Waals surface area contributed by atoms with Crippen LogP contribution in [-0.4, -0.2) is 0 Å². The molecule has 0 unspecified atom stereocenters. The molecule has 0 aromatic rings. The highest BCUT2D eigenvalue weighted by molar-refractivity contribution is 5.23. The van der Waals surface area contributed by atoms with Crippen molar-refractivity contribution in [2.45, 2.75) is 47.0 Å². The molecule has 0 radical (unpaired) electrons. The Kier molecular flexibility index (Phi) is 8.85. The minimum Gasteiger partial charge on any atom is -0.0807 e. The Morgan fingerprint density at radius 3 is 2.60 bits per heavy atom. The van der Waals surface area contributed by atoms with Gasteiger partial charge in [-0.15, -0.1) is 0 Å². The summed E-state index contributed by atoms with van der Waals surface area (Å²) in [6, 6.07) is 0. The quantitative estimate of drug-likeness (QED) is 0.550. The van der Waals surface area contributed by atoms with Crippen molar-refractivity contribution in [3.8, 4) is 0 Å². The summed E-state index contributed by atoms with van der Waals surface area (Å²) in [6.45, 7) is 8.37. The van der Waals surface area contributed by atoms with E-state index < -0.39 is 0 Å². The highest BCUT2D eigenvalue weighted by Crippen LogP contribution is 2.11. The smallest absolute Gasteiger partial charge is 0.0130 e. The van der Waals surface area contributed by atoms with Crippen molar-refractivity contribution >= 4 is 0 Å². The molecule has 0 amide bonds. The fourth-order valence-electron chi connectivity index (χ4n) is 1.31. The summed E-state index contributed by atoms with van der Waals surface area (Å²) in [5.74, 6) is 0. The van der Waals surface area contributed by atoms with Crippen molar-refractivity contribution in [1.82, 2.24) is 0 Å².